The van der Waals surface area contributed by atoms with E-state index in [1.54, 1.807) is 6.07 Å². The number of hydrogen-bond acceptors (Lipinski definition) is 5. The molecule has 33 heavy (non-hydrogen) atoms. The van der Waals surface area contributed by atoms with Gasteiger partial charge >= 0.3 is 12.1 Å². The largest absolute Gasteiger partial charge is 0.469 e. The predicted molar refractivity (Wildman–Crippen MR) is 124 cm³/mol. The molecular formula is C25H37F3O4S. The smallest absolute Gasteiger partial charge is 0.416 e. The minimum absolute atomic E-state index is 0.142. The Morgan fingerprint density at radius 2 is 1.91 bits per heavy atom. The number of thioether (sulfide) groups is 1. The number of carbonyl (C=O) groups is 1. The summed E-state index contributed by atoms with van der Waals surface area (Å²) in [7, 11) is 1.40. The van der Waals surface area contributed by atoms with Gasteiger partial charge in [-0.3, -0.25) is 4.79 Å². The lowest BCUT2D eigenvalue weighted by Crippen LogP contribution is -2.23. The van der Waals surface area contributed by atoms with Crippen LogP contribution in [0.4, 0.5) is 13.2 Å². The normalized spacial score (nSPS) is 24.1. The fraction of sp³-hybridized carbons (Fsp3) is 0.720. The Labute approximate surface area is 199 Å². The number of unbranched alkanes of at least 4 members (excludes halogenated alkanes) is 3. The molecule has 2 unspecified atom stereocenters. The van der Waals surface area contributed by atoms with E-state index < -0.39 is 17.8 Å². The minimum atomic E-state index is -4.37. The molecule has 1 fully saturated rings. The fourth-order valence-corrected chi connectivity index (χ4v) is 5.81. The molecule has 5 atom stereocenters. The zero-order valence-electron chi connectivity index (χ0n) is 19.5. The van der Waals surface area contributed by atoms with Crippen molar-refractivity contribution in [3.05, 3.63) is 29.8 Å². The molecule has 0 bridgehead atoms. The number of alkyl halides is 3. The monoisotopic (exact) mass is 490 g/mol. The van der Waals surface area contributed by atoms with Crippen molar-refractivity contribution in [3.63, 3.8) is 0 Å². The molecule has 2 N–H and O–H groups in total. The molecule has 1 aliphatic carbocycles. The molecule has 0 radical (unpaired) electrons. The molecule has 0 amide bonds. The average molecular weight is 491 g/mol. The summed E-state index contributed by atoms with van der Waals surface area (Å²) in [5.41, 5.74) is -0.682. The summed E-state index contributed by atoms with van der Waals surface area (Å²) in [6.07, 6.45) is 2.01. The number of ether oxygens (including phenoxy) is 1. The van der Waals surface area contributed by atoms with Gasteiger partial charge < -0.3 is 14.9 Å². The first-order valence-corrected chi connectivity index (χ1v) is 12.8. The first-order chi connectivity index (χ1) is 15.6. The van der Waals surface area contributed by atoms with E-state index in [9.17, 15) is 28.2 Å². The van der Waals surface area contributed by atoms with Crippen LogP contribution in [0.2, 0.25) is 0 Å². The van der Waals surface area contributed by atoms with Crippen molar-refractivity contribution in [3.8, 4) is 0 Å². The standard InChI is InChI=1S/C25H37F3O4S/c1-17-14-23(30)22(21(17)10-5-3-4-6-11-24(31)32-2)13-12-19(29)16-33-20-9-7-8-18(15-20)25(26,27)28/h7-9,15,17,19,21-23,29-30H,3-6,10-14,16H2,1-2H3/t17-,19?,21?,22+,23+/m0/s1. The lowest BCUT2D eigenvalue weighted by molar-refractivity contribution is -0.140. The molecule has 1 aromatic carbocycles. The van der Waals surface area contributed by atoms with Crippen LogP contribution in [0.15, 0.2) is 29.2 Å². The Morgan fingerprint density at radius 3 is 2.61 bits per heavy atom. The van der Waals surface area contributed by atoms with Gasteiger partial charge in [0.2, 0.25) is 0 Å². The molecule has 0 aromatic heterocycles. The van der Waals surface area contributed by atoms with E-state index in [0.717, 1.165) is 50.7 Å². The van der Waals surface area contributed by atoms with Crippen molar-refractivity contribution in [2.75, 3.05) is 12.9 Å². The van der Waals surface area contributed by atoms with E-state index in [-0.39, 0.29) is 18.0 Å². The van der Waals surface area contributed by atoms with Crippen LogP contribution >= 0.6 is 11.8 Å². The maximum Gasteiger partial charge on any atom is 0.416 e. The van der Waals surface area contributed by atoms with E-state index >= 15 is 0 Å². The zero-order chi connectivity index (χ0) is 24.4. The highest BCUT2D eigenvalue weighted by Gasteiger charge is 2.39. The number of rotatable bonds is 13. The van der Waals surface area contributed by atoms with Gasteiger partial charge in [0.15, 0.2) is 0 Å². The SMILES string of the molecule is COC(=O)CCCCCCC1[C@@H](CCC(O)CSc2cccc(C(F)(F)F)c2)[C@H](O)C[C@@H]1C. The third kappa shape index (κ3) is 9.49. The molecule has 4 nitrogen and oxygen atoms in total. The quantitative estimate of drug-likeness (QED) is 0.199. The Hall–Kier alpha value is -1.25. The maximum atomic E-state index is 12.9. The van der Waals surface area contributed by atoms with Gasteiger partial charge in [0.1, 0.15) is 0 Å². The van der Waals surface area contributed by atoms with E-state index in [1.807, 2.05) is 0 Å². The molecule has 1 aliphatic rings. The molecular weight excluding hydrogens is 453 g/mol. The molecule has 0 aliphatic heterocycles. The van der Waals surface area contributed by atoms with Crippen LogP contribution < -0.4 is 0 Å². The Kier molecular flexibility index (Phi) is 11.5. The number of carbonyl (C=O) groups excluding carboxylic acids is 1. The summed E-state index contributed by atoms with van der Waals surface area (Å²) in [5.74, 6) is 1.13. The molecule has 0 saturated heterocycles. The van der Waals surface area contributed by atoms with Gasteiger partial charge in [0.25, 0.3) is 0 Å². The second-order valence-electron chi connectivity index (χ2n) is 9.20. The summed E-state index contributed by atoms with van der Waals surface area (Å²) in [6.45, 7) is 2.17. The van der Waals surface area contributed by atoms with Crippen molar-refractivity contribution in [2.24, 2.45) is 17.8 Å². The summed E-state index contributed by atoms with van der Waals surface area (Å²) >= 11 is 1.22. The molecule has 188 valence electrons. The van der Waals surface area contributed by atoms with Crippen LogP contribution in [0.25, 0.3) is 0 Å². The number of aliphatic hydroxyl groups excluding tert-OH is 2. The molecule has 2 rings (SSSR count). The summed E-state index contributed by atoms with van der Waals surface area (Å²) in [6, 6.07) is 5.16. The number of halogens is 3. The second-order valence-corrected chi connectivity index (χ2v) is 10.3. The average Bonchev–Trinajstić information content (AvgIpc) is 3.04. The highest BCUT2D eigenvalue weighted by atomic mass is 32.2. The lowest BCUT2D eigenvalue weighted by Gasteiger charge is -2.25. The van der Waals surface area contributed by atoms with Crippen LogP contribution in [-0.4, -0.2) is 41.3 Å². The first kappa shape index (κ1) is 28.0. The van der Waals surface area contributed by atoms with E-state index in [2.05, 4.69) is 11.7 Å². The Morgan fingerprint density at radius 1 is 1.18 bits per heavy atom. The highest BCUT2D eigenvalue weighted by Crippen LogP contribution is 2.43. The third-order valence-corrected chi connectivity index (χ3v) is 7.86. The number of esters is 1. The highest BCUT2D eigenvalue weighted by molar-refractivity contribution is 7.99. The van der Waals surface area contributed by atoms with Crippen LogP contribution in [0.1, 0.15) is 70.3 Å². The zero-order valence-corrected chi connectivity index (χ0v) is 20.3. The topological polar surface area (TPSA) is 66.8 Å². The molecule has 0 spiro atoms. The van der Waals surface area contributed by atoms with Crippen molar-refractivity contribution in [1.82, 2.24) is 0 Å². The Bertz CT molecular complexity index is 728. The van der Waals surface area contributed by atoms with Gasteiger partial charge in [-0.25, -0.2) is 0 Å². The van der Waals surface area contributed by atoms with Crippen LogP contribution in [0, 0.1) is 17.8 Å². The van der Waals surface area contributed by atoms with Gasteiger partial charge in [-0.1, -0.05) is 32.3 Å². The summed E-state index contributed by atoms with van der Waals surface area (Å²) < 4.78 is 43.2. The first-order valence-electron chi connectivity index (χ1n) is 11.8. The van der Waals surface area contributed by atoms with Gasteiger partial charge in [-0.05, 0) is 68.1 Å². The fourth-order valence-electron chi connectivity index (χ4n) is 4.87. The van der Waals surface area contributed by atoms with Crippen LogP contribution in [0.3, 0.4) is 0 Å². The number of aliphatic hydroxyl groups is 2. The van der Waals surface area contributed by atoms with E-state index in [1.165, 1.54) is 24.9 Å². The molecule has 0 heterocycles. The summed E-state index contributed by atoms with van der Waals surface area (Å²) in [4.78, 5) is 11.7. The van der Waals surface area contributed by atoms with Crippen molar-refractivity contribution in [2.45, 2.75) is 88.0 Å². The summed E-state index contributed by atoms with van der Waals surface area (Å²) in [5, 5.41) is 21.0. The maximum absolute atomic E-state index is 12.9. The second kappa shape index (κ2) is 13.6. The number of methoxy groups -OCH3 is 1. The predicted octanol–water partition coefficient (Wildman–Crippen LogP) is 6.09. The minimum Gasteiger partial charge on any atom is -0.469 e. The van der Waals surface area contributed by atoms with Crippen LogP contribution in [0.5, 0.6) is 0 Å². The third-order valence-electron chi connectivity index (χ3n) is 6.72. The molecule has 8 heteroatoms. The van der Waals surface area contributed by atoms with Crippen molar-refractivity contribution in [1.29, 1.82) is 0 Å². The van der Waals surface area contributed by atoms with Crippen LogP contribution in [-0.2, 0) is 15.7 Å². The van der Waals surface area contributed by atoms with Crippen molar-refractivity contribution >= 4 is 17.7 Å². The van der Waals surface area contributed by atoms with Gasteiger partial charge in [-0.2, -0.15) is 13.2 Å². The Balaban J connectivity index is 1.74. The van der Waals surface area contributed by atoms with E-state index in [4.69, 9.17) is 0 Å². The number of hydrogen-bond donors (Lipinski definition) is 2. The van der Waals surface area contributed by atoms with Gasteiger partial charge in [0, 0.05) is 17.1 Å². The molecule has 1 saturated carbocycles. The van der Waals surface area contributed by atoms with Crippen molar-refractivity contribution < 1.29 is 32.9 Å². The number of benzene rings is 1. The molecule has 1 aromatic rings. The lowest BCUT2D eigenvalue weighted by atomic mass is 9.82. The van der Waals surface area contributed by atoms with Gasteiger partial charge in [0.05, 0.1) is 24.9 Å². The van der Waals surface area contributed by atoms with E-state index in [0.29, 0.717) is 41.7 Å². The van der Waals surface area contributed by atoms with Gasteiger partial charge in [-0.15, -0.1) is 11.8 Å².